The van der Waals surface area contributed by atoms with Gasteiger partial charge in [-0.25, -0.2) is 14.2 Å². The molecule has 184 valence electrons. The van der Waals surface area contributed by atoms with Gasteiger partial charge in [-0.05, 0) is 53.2 Å². The number of aromatic nitrogens is 3. The van der Waals surface area contributed by atoms with Gasteiger partial charge in [0.05, 0.1) is 23.5 Å². The monoisotopic (exact) mass is 479 g/mol. The van der Waals surface area contributed by atoms with Crippen LogP contribution in [0.3, 0.4) is 0 Å². The highest BCUT2D eigenvalue weighted by Gasteiger charge is 2.42. The van der Waals surface area contributed by atoms with Gasteiger partial charge in [0.2, 0.25) is 5.91 Å². The van der Waals surface area contributed by atoms with Crippen molar-refractivity contribution in [3.8, 4) is 11.3 Å². The summed E-state index contributed by atoms with van der Waals surface area (Å²) in [5.74, 6) is 0.416. The van der Waals surface area contributed by atoms with E-state index in [1.165, 1.54) is 4.90 Å². The number of halogens is 1. The summed E-state index contributed by atoms with van der Waals surface area (Å²) in [6.07, 6.45) is 0.249. The molecule has 1 saturated heterocycles. The highest BCUT2D eigenvalue weighted by molar-refractivity contribution is 6.08. The second-order valence-electron chi connectivity index (χ2n) is 10.8. The largest absolute Gasteiger partial charge is 0.444 e. The average Bonchev–Trinajstić information content (AvgIpc) is 3.27. The number of rotatable bonds is 2. The van der Waals surface area contributed by atoms with E-state index in [9.17, 15) is 9.59 Å². The van der Waals surface area contributed by atoms with E-state index in [2.05, 4.69) is 10.3 Å². The summed E-state index contributed by atoms with van der Waals surface area (Å²) in [5, 5.41) is 8.64. The first kappa shape index (κ1) is 23.3. The van der Waals surface area contributed by atoms with Crippen molar-refractivity contribution >= 4 is 28.7 Å². The van der Waals surface area contributed by atoms with Crippen LogP contribution >= 0.6 is 0 Å². The SMILES string of the molecule is CC(C)(C)OC(=O)N1CCC(n2nc(-c3ccnc4c3C(C)(C)C(=O)N4)c3ccccc32)C(F)C1. The van der Waals surface area contributed by atoms with Crippen LogP contribution in [0.2, 0.25) is 0 Å². The number of nitrogens with one attached hydrogen (secondary N) is 1. The van der Waals surface area contributed by atoms with Crippen molar-refractivity contribution in [2.45, 2.75) is 64.3 Å². The number of carbonyl (C=O) groups is 2. The number of piperidine rings is 1. The Hall–Kier alpha value is -3.49. The maximum absolute atomic E-state index is 15.5. The summed E-state index contributed by atoms with van der Waals surface area (Å²) in [4.78, 5) is 30.9. The fourth-order valence-corrected chi connectivity index (χ4v) is 4.97. The van der Waals surface area contributed by atoms with Crippen molar-refractivity contribution in [1.29, 1.82) is 0 Å². The highest BCUT2D eigenvalue weighted by Crippen LogP contribution is 2.44. The molecule has 8 nitrogen and oxygen atoms in total. The summed E-state index contributed by atoms with van der Waals surface area (Å²) in [6, 6.07) is 9.04. The van der Waals surface area contributed by atoms with E-state index in [1.807, 2.05) is 44.2 Å². The van der Waals surface area contributed by atoms with Gasteiger partial charge in [0.1, 0.15) is 23.3 Å². The summed E-state index contributed by atoms with van der Waals surface area (Å²) >= 11 is 0. The Morgan fingerprint density at radius 2 is 1.97 bits per heavy atom. The second kappa shape index (κ2) is 8.03. The van der Waals surface area contributed by atoms with Crippen LogP contribution in [0.5, 0.6) is 0 Å². The van der Waals surface area contributed by atoms with Crippen LogP contribution in [-0.4, -0.2) is 56.5 Å². The second-order valence-corrected chi connectivity index (χ2v) is 10.8. The van der Waals surface area contributed by atoms with Gasteiger partial charge in [-0.15, -0.1) is 0 Å². The molecule has 9 heteroatoms. The first-order chi connectivity index (χ1) is 16.5. The van der Waals surface area contributed by atoms with Crippen molar-refractivity contribution < 1.29 is 18.7 Å². The van der Waals surface area contributed by atoms with Gasteiger partial charge in [-0.2, -0.15) is 5.10 Å². The molecule has 1 fully saturated rings. The number of alkyl halides is 1. The first-order valence-corrected chi connectivity index (χ1v) is 11.9. The van der Waals surface area contributed by atoms with E-state index in [1.54, 1.807) is 31.6 Å². The minimum absolute atomic E-state index is 0.0563. The Kier molecular flexibility index (Phi) is 5.34. The highest BCUT2D eigenvalue weighted by atomic mass is 19.1. The fourth-order valence-electron chi connectivity index (χ4n) is 4.97. The van der Waals surface area contributed by atoms with Crippen LogP contribution in [0.1, 0.15) is 52.6 Å². The van der Waals surface area contributed by atoms with Crippen LogP contribution in [0, 0.1) is 0 Å². The molecule has 0 saturated carbocycles. The molecule has 2 unspecified atom stereocenters. The first-order valence-electron chi connectivity index (χ1n) is 11.9. The van der Waals surface area contributed by atoms with E-state index in [0.29, 0.717) is 24.5 Å². The zero-order valence-electron chi connectivity index (χ0n) is 20.6. The number of pyridine rings is 1. The number of nitrogens with zero attached hydrogens (tertiary/aromatic N) is 4. The van der Waals surface area contributed by atoms with E-state index in [0.717, 1.165) is 22.0 Å². The molecule has 2 aliphatic heterocycles. The van der Waals surface area contributed by atoms with E-state index < -0.39 is 29.3 Å². The standard InChI is InChI=1S/C26H30FN5O3/c1-25(2,3)35-24(34)31-13-11-19(17(27)14-31)32-18-9-7-6-8-15(18)21(30-32)16-10-12-28-22-20(16)26(4,5)23(33)29-22/h6-10,12,17,19H,11,13-14H2,1-5H3,(H,28,29,33). The van der Waals surface area contributed by atoms with Gasteiger partial charge in [0.15, 0.2) is 0 Å². The number of hydrogen-bond donors (Lipinski definition) is 1. The lowest BCUT2D eigenvalue weighted by Gasteiger charge is -2.35. The lowest BCUT2D eigenvalue weighted by Crippen LogP contribution is -2.47. The number of likely N-dealkylation sites (tertiary alicyclic amines) is 1. The molecule has 2 atom stereocenters. The quantitative estimate of drug-likeness (QED) is 0.568. The summed E-state index contributed by atoms with van der Waals surface area (Å²) in [7, 11) is 0. The molecule has 5 rings (SSSR count). The smallest absolute Gasteiger partial charge is 0.410 e. The van der Waals surface area contributed by atoms with Gasteiger partial charge >= 0.3 is 6.09 Å². The Labute approximate surface area is 203 Å². The molecule has 2 amide bonds. The van der Waals surface area contributed by atoms with Crippen molar-refractivity contribution in [1.82, 2.24) is 19.7 Å². The van der Waals surface area contributed by atoms with Crippen LogP contribution in [0.25, 0.3) is 22.2 Å². The third-order valence-corrected chi connectivity index (χ3v) is 6.72. The lowest BCUT2D eigenvalue weighted by molar-refractivity contribution is -0.119. The van der Waals surface area contributed by atoms with Crippen molar-refractivity contribution in [2.24, 2.45) is 0 Å². The van der Waals surface area contributed by atoms with Crippen molar-refractivity contribution in [3.63, 3.8) is 0 Å². The summed E-state index contributed by atoms with van der Waals surface area (Å²) < 4.78 is 22.7. The van der Waals surface area contributed by atoms with E-state index in [-0.39, 0.29) is 12.5 Å². The molecule has 0 bridgehead atoms. The minimum atomic E-state index is -1.31. The zero-order chi connectivity index (χ0) is 25.1. The number of amides is 2. The molecule has 1 N–H and O–H groups in total. The fraction of sp³-hybridized carbons (Fsp3) is 0.462. The predicted octanol–water partition coefficient (Wildman–Crippen LogP) is 4.85. The molecule has 3 aromatic rings. The number of anilines is 1. The van der Waals surface area contributed by atoms with E-state index >= 15 is 4.39 Å². The molecular weight excluding hydrogens is 449 g/mol. The molecule has 4 heterocycles. The van der Waals surface area contributed by atoms with Gasteiger partial charge in [-0.3, -0.25) is 9.48 Å². The van der Waals surface area contributed by atoms with Crippen molar-refractivity contribution in [3.05, 3.63) is 42.1 Å². The topological polar surface area (TPSA) is 89.3 Å². The molecule has 2 aromatic heterocycles. The Balaban J connectivity index is 1.53. The Morgan fingerprint density at radius 1 is 1.23 bits per heavy atom. The third kappa shape index (κ3) is 3.92. The van der Waals surface area contributed by atoms with Gasteiger partial charge in [0, 0.05) is 29.3 Å². The van der Waals surface area contributed by atoms with Gasteiger partial charge in [0.25, 0.3) is 0 Å². The molecular formula is C26H30FN5O3. The molecule has 2 aliphatic rings. The number of hydrogen-bond acceptors (Lipinski definition) is 5. The normalized spacial score (nSPS) is 21.7. The Morgan fingerprint density at radius 3 is 2.69 bits per heavy atom. The average molecular weight is 480 g/mol. The maximum atomic E-state index is 15.5. The molecule has 35 heavy (non-hydrogen) atoms. The Bertz CT molecular complexity index is 1330. The predicted molar refractivity (Wildman–Crippen MR) is 131 cm³/mol. The lowest BCUT2D eigenvalue weighted by atomic mass is 9.83. The van der Waals surface area contributed by atoms with Crippen LogP contribution < -0.4 is 5.32 Å². The molecule has 0 radical (unpaired) electrons. The zero-order valence-corrected chi connectivity index (χ0v) is 20.6. The summed E-state index contributed by atoms with van der Waals surface area (Å²) in [6.45, 7) is 9.43. The number of benzene rings is 1. The molecule has 0 aliphatic carbocycles. The summed E-state index contributed by atoms with van der Waals surface area (Å²) in [5.41, 5.74) is 1.67. The van der Waals surface area contributed by atoms with Crippen LogP contribution in [-0.2, 0) is 14.9 Å². The van der Waals surface area contributed by atoms with Crippen LogP contribution in [0.4, 0.5) is 15.0 Å². The van der Waals surface area contributed by atoms with E-state index in [4.69, 9.17) is 9.84 Å². The maximum Gasteiger partial charge on any atom is 0.410 e. The third-order valence-electron chi connectivity index (χ3n) is 6.72. The minimum Gasteiger partial charge on any atom is -0.444 e. The number of ether oxygens (including phenoxy) is 1. The molecule has 1 aromatic carbocycles. The molecule has 0 spiro atoms. The van der Waals surface area contributed by atoms with Gasteiger partial charge < -0.3 is 15.0 Å². The number of para-hydroxylation sites is 1. The van der Waals surface area contributed by atoms with Gasteiger partial charge in [-0.1, -0.05) is 18.2 Å². The number of carbonyl (C=O) groups excluding carboxylic acids is 2. The van der Waals surface area contributed by atoms with Crippen LogP contribution in [0.15, 0.2) is 36.5 Å². The number of fused-ring (bicyclic) bond motifs is 2. The van der Waals surface area contributed by atoms with Crippen molar-refractivity contribution in [2.75, 3.05) is 18.4 Å².